The van der Waals surface area contributed by atoms with Gasteiger partial charge in [-0.1, -0.05) is 96.1 Å². The summed E-state index contributed by atoms with van der Waals surface area (Å²) >= 11 is 0. The van der Waals surface area contributed by atoms with Gasteiger partial charge in [0, 0.05) is 5.56 Å². The normalized spacial score (nSPS) is 9.94. The second-order valence-electron chi connectivity index (χ2n) is 8.46. The van der Waals surface area contributed by atoms with Crippen molar-refractivity contribution in [2.24, 2.45) is 0 Å². The van der Waals surface area contributed by atoms with Crippen LogP contribution in [0.3, 0.4) is 0 Å². The van der Waals surface area contributed by atoms with E-state index in [2.05, 4.69) is 67.8 Å². The Labute approximate surface area is 203 Å². The van der Waals surface area contributed by atoms with Crippen molar-refractivity contribution in [2.75, 3.05) is 6.61 Å². The lowest BCUT2D eigenvalue weighted by atomic mass is 10.0. The molecule has 0 fully saturated rings. The van der Waals surface area contributed by atoms with Crippen molar-refractivity contribution in [3.63, 3.8) is 0 Å². The van der Waals surface area contributed by atoms with Gasteiger partial charge in [0.1, 0.15) is 11.4 Å². The van der Waals surface area contributed by atoms with Gasteiger partial charge in [0.25, 0.3) is 0 Å². The highest BCUT2D eigenvalue weighted by Crippen LogP contribution is 2.12. The number of hydrogen-bond donors (Lipinski definition) is 0. The molecule has 2 aromatic rings. The molecule has 0 radical (unpaired) electrons. The molecule has 2 heteroatoms. The van der Waals surface area contributed by atoms with Gasteiger partial charge in [0.15, 0.2) is 0 Å². The van der Waals surface area contributed by atoms with Crippen LogP contribution in [0.25, 0.3) is 0 Å². The highest BCUT2D eigenvalue weighted by molar-refractivity contribution is 5.41. The molecule has 178 valence electrons. The molecule has 1 aromatic carbocycles. The van der Waals surface area contributed by atoms with E-state index in [1.807, 2.05) is 12.1 Å². The summed E-state index contributed by atoms with van der Waals surface area (Å²) in [6, 6.07) is 12.6. The van der Waals surface area contributed by atoms with Crippen LogP contribution in [0.15, 0.2) is 42.6 Å². The Balaban J connectivity index is 0.00000265. The molecular formula is C31H43NO. The molecule has 0 aliphatic rings. The van der Waals surface area contributed by atoms with E-state index in [9.17, 15) is 0 Å². The standard InChI is InChI=1S/C29H41NO.C2H2/c1-3-5-7-9-11-13-15-26-16-18-27(19-17-26)20-21-28-22-23-29(25-30-28)31-24-14-12-10-8-6-4-2;1-2/h16-19,22-23,25H,3-15,24H2,1-2H3;1-2H. The Morgan fingerprint density at radius 2 is 1.30 bits per heavy atom. The average Bonchev–Trinajstić information content (AvgIpc) is 2.87. The lowest BCUT2D eigenvalue weighted by molar-refractivity contribution is 0.303. The quantitative estimate of drug-likeness (QED) is 0.203. The predicted octanol–water partition coefficient (Wildman–Crippen LogP) is 8.37. The van der Waals surface area contributed by atoms with Crippen LogP contribution in [0.1, 0.15) is 108 Å². The molecule has 0 saturated heterocycles. The zero-order valence-corrected chi connectivity index (χ0v) is 21.0. The van der Waals surface area contributed by atoms with E-state index in [1.54, 1.807) is 6.20 Å². The molecule has 0 saturated carbocycles. The molecule has 0 N–H and O–H groups in total. The Morgan fingerprint density at radius 3 is 1.91 bits per heavy atom. The van der Waals surface area contributed by atoms with E-state index in [0.717, 1.165) is 30.0 Å². The first-order valence-electron chi connectivity index (χ1n) is 12.8. The van der Waals surface area contributed by atoms with Gasteiger partial charge in [-0.25, -0.2) is 4.98 Å². The third-order valence-corrected chi connectivity index (χ3v) is 5.61. The summed E-state index contributed by atoms with van der Waals surface area (Å²) < 4.78 is 5.79. The largest absolute Gasteiger partial charge is 0.492 e. The van der Waals surface area contributed by atoms with Gasteiger partial charge >= 0.3 is 0 Å². The van der Waals surface area contributed by atoms with Crippen LogP contribution in [0, 0.1) is 24.7 Å². The molecule has 0 bridgehead atoms. The lowest BCUT2D eigenvalue weighted by Crippen LogP contribution is -1.98. The first-order valence-corrected chi connectivity index (χ1v) is 12.8. The number of hydrogen-bond acceptors (Lipinski definition) is 2. The molecule has 0 amide bonds. The van der Waals surface area contributed by atoms with Crippen molar-refractivity contribution in [1.82, 2.24) is 4.98 Å². The first-order chi connectivity index (χ1) is 16.3. The minimum Gasteiger partial charge on any atom is -0.492 e. The zero-order valence-electron chi connectivity index (χ0n) is 21.0. The van der Waals surface area contributed by atoms with Crippen molar-refractivity contribution in [3.8, 4) is 30.4 Å². The number of terminal acetylenes is 1. The van der Waals surface area contributed by atoms with E-state index >= 15 is 0 Å². The summed E-state index contributed by atoms with van der Waals surface area (Å²) in [7, 11) is 0. The van der Waals surface area contributed by atoms with E-state index in [-0.39, 0.29) is 0 Å². The van der Waals surface area contributed by atoms with E-state index in [4.69, 9.17) is 4.74 Å². The molecule has 0 aliphatic carbocycles. The highest BCUT2D eigenvalue weighted by atomic mass is 16.5. The molecule has 0 atom stereocenters. The molecule has 0 spiro atoms. The third-order valence-electron chi connectivity index (χ3n) is 5.61. The maximum Gasteiger partial charge on any atom is 0.137 e. The molecule has 1 aromatic heterocycles. The van der Waals surface area contributed by atoms with Crippen LogP contribution in [-0.4, -0.2) is 11.6 Å². The van der Waals surface area contributed by atoms with Crippen molar-refractivity contribution >= 4 is 0 Å². The molecule has 2 nitrogen and oxygen atoms in total. The SMILES string of the molecule is C#C.CCCCCCCCOc1ccc(C#Cc2ccc(CCCCCCCC)cc2)nc1. The van der Waals surface area contributed by atoms with Crippen molar-refractivity contribution < 1.29 is 4.74 Å². The minimum absolute atomic E-state index is 0.768. The van der Waals surface area contributed by atoms with Crippen LogP contribution in [-0.2, 0) is 6.42 Å². The Bertz CT molecular complexity index is 793. The second-order valence-corrected chi connectivity index (χ2v) is 8.46. The maximum absolute atomic E-state index is 5.79. The summed E-state index contributed by atoms with van der Waals surface area (Å²) in [5.74, 6) is 7.21. The van der Waals surface area contributed by atoms with E-state index < -0.39 is 0 Å². The summed E-state index contributed by atoms with van der Waals surface area (Å²) in [6.07, 6.45) is 26.7. The fourth-order valence-electron chi connectivity index (χ4n) is 3.61. The fraction of sp³-hybridized carbons (Fsp3) is 0.516. The van der Waals surface area contributed by atoms with Crippen molar-refractivity contribution in [2.45, 2.75) is 97.3 Å². The Morgan fingerprint density at radius 1 is 0.697 bits per heavy atom. The van der Waals surface area contributed by atoms with Gasteiger partial charge < -0.3 is 4.74 Å². The Kier molecular flexibility index (Phi) is 17.1. The average molecular weight is 446 g/mol. The number of ether oxygens (including phenoxy) is 1. The summed E-state index contributed by atoms with van der Waals surface area (Å²) in [6.45, 7) is 5.28. The van der Waals surface area contributed by atoms with Crippen LogP contribution < -0.4 is 4.74 Å². The number of nitrogens with zero attached hydrogens (tertiary/aromatic N) is 1. The van der Waals surface area contributed by atoms with Gasteiger partial charge in [0.2, 0.25) is 0 Å². The third kappa shape index (κ3) is 14.1. The van der Waals surface area contributed by atoms with E-state index in [0.29, 0.717) is 0 Å². The monoisotopic (exact) mass is 445 g/mol. The number of benzene rings is 1. The second kappa shape index (κ2) is 19.9. The minimum atomic E-state index is 0.768. The predicted molar refractivity (Wildman–Crippen MR) is 142 cm³/mol. The number of pyridine rings is 1. The maximum atomic E-state index is 5.79. The van der Waals surface area contributed by atoms with E-state index in [1.165, 1.54) is 82.6 Å². The summed E-state index contributed by atoms with van der Waals surface area (Å²) in [4.78, 5) is 4.42. The highest BCUT2D eigenvalue weighted by Gasteiger charge is 1.97. The first kappa shape index (κ1) is 28.3. The Hall–Kier alpha value is -2.71. The van der Waals surface area contributed by atoms with Crippen LogP contribution >= 0.6 is 0 Å². The summed E-state index contributed by atoms with van der Waals surface area (Å²) in [5, 5.41) is 0. The number of unbranched alkanes of at least 4 members (excludes halogenated alkanes) is 10. The molecular weight excluding hydrogens is 402 g/mol. The van der Waals surface area contributed by atoms with Gasteiger partial charge in [0.05, 0.1) is 12.8 Å². The molecule has 33 heavy (non-hydrogen) atoms. The molecule has 1 heterocycles. The smallest absolute Gasteiger partial charge is 0.137 e. The van der Waals surface area contributed by atoms with Gasteiger partial charge in [-0.15, -0.1) is 12.8 Å². The molecule has 0 aliphatic heterocycles. The number of aromatic nitrogens is 1. The van der Waals surface area contributed by atoms with Crippen LogP contribution in [0.4, 0.5) is 0 Å². The van der Waals surface area contributed by atoms with Crippen LogP contribution in [0.5, 0.6) is 5.75 Å². The fourth-order valence-corrected chi connectivity index (χ4v) is 3.61. The summed E-state index contributed by atoms with van der Waals surface area (Å²) in [5.41, 5.74) is 3.23. The number of aryl methyl sites for hydroxylation is 1. The number of rotatable bonds is 15. The van der Waals surface area contributed by atoms with Crippen molar-refractivity contribution in [3.05, 3.63) is 59.4 Å². The van der Waals surface area contributed by atoms with Gasteiger partial charge in [-0.3, -0.25) is 0 Å². The molecule has 2 rings (SSSR count). The topological polar surface area (TPSA) is 22.1 Å². The van der Waals surface area contributed by atoms with Crippen molar-refractivity contribution in [1.29, 1.82) is 0 Å². The lowest BCUT2D eigenvalue weighted by Gasteiger charge is -2.05. The molecule has 0 unspecified atom stereocenters. The zero-order chi connectivity index (χ0) is 24.0. The van der Waals surface area contributed by atoms with Gasteiger partial charge in [-0.05, 0) is 55.0 Å². The van der Waals surface area contributed by atoms with Gasteiger partial charge in [-0.2, -0.15) is 0 Å². The van der Waals surface area contributed by atoms with Crippen LogP contribution in [0.2, 0.25) is 0 Å².